The van der Waals surface area contributed by atoms with Crippen molar-refractivity contribution >= 4 is 43.4 Å². The molecule has 1 unspecified atom stereocenters. The normalized spacial score (nSPS) is 13.9. The van der Waals surface area contributed by atoms with Crippen LogP contribution in [0.3, 0.4) is 0 Å². The summed E-state index contributed by atoms with van der Waals surface area (Å²) in [5.74, 6) is 0.430. The van der Waals surface area contributed by atoms with Gasteiger partial charge in [-0.3, -0.25) is 0 Å². The molecular formula is C54H39N. The van der Waals surface area contributed by atoms with Crippen molar-refractivity contribution in [3.8, 4) is 39.1 Å². The molecule has 1 heterocycles. The van der Waals surface area contributed by atoms with Gasteiger partial charge in [0.2, 0.25) is 0 Å². The number of rotatable bonds is 5. The molecule has 0 aliphatic heterocycles. The lowest BCUT2D eigenvalue weighted by atomic mass is 9.84. The lowest BCUT2D eigenvalue weighted by molar-refractivity contribution is 0.629. The Labute approximate surface area is 321 Å². The standard InChI is InChI=1S/C54H39N/c1-2-14-37(15-3-1)39-18-12-13-36(31-39)32-43-26-25-38-16-4-6-19-44(38)50-33-40(27-29-46(43)50)41-28-30-53-51(34-41)49-23-10-11-24-52(49)55(53)54-35-42-17-5-7-20-45(42)47-21-8-9-22-48(47)54/h1-24,27-31,33-35,43H,25-26,32H2. The molecule has 1 atom stereocenters. The molecule has 0 radical (unpaired) electrons. The fraction of sp³-hybridized carbons (Fsp3) is 0.0741. The number of para-hydroxylation sites is 1. The fourth-order valence-corrected chi connectivity index (χ4v) is 9.45. The third-order valence-electron chi connectivity index (χ3n) is 12.1. The highest BCUT2D eigenvalue weighted by molar-refractivity contribution is 6.15. The molecule has 0 spiro atoms. The first-order chi connectivity index (χ1) is 27.3. The quantitative estimate of drug-likeness (QED) is 0.157. The molecule has 9 aromatic carbocycles. The van der Waals surface area contributed by atoms with Crippen LogP contribution in [0.15, 0.2) is 194 Å². The summed E-state index contributed by atoms with van der Waals surface area (Å²) in [6.07, 6.45) is 3.24. The third-order valence-corrected chi connectivity index (χ3v) is 12.1. The molecule has 260 valence electrons. The van der Waals surface area contributed by atoms with Crippen LogP contribution in [0.2, 0.25) is 0 Å². The number of hydrogen-bond donors (Lipinski definition) is 0. The molecule has 0 N–H and O–H groups in total. The number of hydrogen-bond acceptors (Lipinski definition) is 0. The predicted molar refractivity (Wildman–Crippen MR) is 233 cm³/mol. The predicted octanol–water partition coefficient (Wildman–Crippen LogP) is 14.4. The van der Waals surface area contributed by atoms with Crippen molar-refractivity contribution in [1.82, 2.24) is 4.57 Å². The lowest BCUT2D eigenvalue weighted by Gasteiger charge is -2.20. The highest BCUT2D eigenvalue weighted by atomic mass is 15.0. The van der Waals surface area contributed by atoms with Gasteiger partial charge in [0.1, 0.15) is 0 Å². The summed E-state index contributed by atoms with van der Waals surface area (Å²) < 4.78 is 2.48. The van der Waals surface area contributed by atoms with E-state index in [1.165, 1.54) is 99.1 Å². The Morgan fingerprint density at radius 1 is 0.418 bits per heavy atom. The number of nitrogens with zero attached hydrogens (tertiary/aromatic N) is 1. The van der Waals surface area contributed by atoms with E-state index in [-0.39, 0.29) is 0 Å². The zero-order chi connectivity index (χ0) is 36.3. The number of benzene rings is 9. The topological polar surface area (TPSA) is 4.93 Å². The van der Waals surface area contributed by atoms with Gasteiger partial charge in [-0.25, -0.2) is 0 Å². The van der Waals surface area contributed by atoms with Gasteiger partial charge in [-0.15, -0.1) is 0 Å². The Morgan fingerprint density at radius 2 is 1.09 bits per heavy atom. The van der Waals surface area contributed by atoms with Crippen LogP contribution < -0.4 is 0 Å². The first-order valence-electron chi connectivity index (χ1n) is 19.6. The van der Waals surface area contributed by atoms with E-state index >= 15 is 0 Å². The molecule has 1 heteroatoms. The average molecular weight is 702 g/mol. The minimum absolute atomic E-state index is 0.430. The molecule has 0 saturated heterocycles. The van der Waals surface area contributed by atoms with Gasteiger partial charge < -0.3 is 4.57 Å². The summed E-state index contributed by atoms with van der Waals surface area (Å²) in [6.45, 7) is 0. The van der Waals surface area contributed by atoms with Crippen LogP contribution in [-0.4, -0.2) is 4.57 Å². The smallest absolute Gasteiger partial charge is 0.0546 e. The molecular weight excluding hydrogens is 663 g/mol. The molecule has 0 amide bonds. The zero-order valence-corrected chi connectivity index (χ0v) is 30.6. The summed E-state index contributed by atoms with van der Waals surface area (Å²) in [7, 11) is 0. The van der Waals surface area contributed by atoms with Crippen LogP contribution in [-0.2, 0) is 12.8 Å². The number of fused-ring (bicyclic) bond motifs is 9. The van der Waals surface area contributed by atoms with E-state index in [0.29, 0.717) is 5.92 Å². The summed E-state index contributed by atoms with van der Waals surface area (Å²) in [4.78, 5) is 0. The first kappa shape index (κ1) is 31.8. The van der Waals surface area contributed by atoms with Gasteiger partial charge in [0, 0.05) is 16.2 Å². The molecule has 0 bridgehead atoms. The van der Waals surface area contributed by atoms with Crippen molar-refractivity contribution in [3.05, 3.63) is 211 Å². The van der Waals surface area contributed by atoms with Gasteiger partial charge in [0.05, 0.1) is 16.7 Å². The van der Waals surface area contributed by atoms with E-state index in [2.05, 4.69) is 199 Å². The van der Waals surface area contributed by atoms with Gasteiger partial charge >= 0.3 is 0 Å². The minimum Gasteiger partial charge on any atom is -0.309 e. The second kappa shape index (κ2) is 13.0. The van der Waals surface area contributed by atoms with E-state index < -0.39 is 0 Å². The summed E-state index contributed by atoms with van der Waals surface area (Å²) in [5.41, 5.74) is 15.8. The first-order valence-corrected chi connectivity index (χ1v) is 19.6. The monoisotopic (exact) mass is 701 g/mol. The Bertz CT molecular complexity index is 3070. The van der Waals surface area contributed by atoms with Gasteiger partial charge in [-0.2, -0.15) is 0 Å². The number of aryl methyl sites for hydroxylation is 1. The largest absolute Gasteiger partial charge is 0.309 e. The van der Waals surface area contributed by atoms with E-state index in [0.717, 1.165) is 19.3 Å². The Hall–Kier alpha value is -6.70. The summed E-state index contributed by atoms with van der Waals surface area (Å²) in [6, 6.07) is 72.3. The van der Waals surface area contributed by atoms with Crippen LogP contribution in [0.4, 0.5) is 0 Å². The molecule has 55 heavy (non-hydrogen) atoms. The maximum Gasteiger partial charge on any atom is 0.0546 e. The molecule has 1 aliphatic rings. The molecule has 0 fully saturated rings. The average Bonchev–Trinajstić information content (AvgIpc) is 3.50. The van der Waals surface area contributed by atoms with Gasteiger partial charge in [-0.05, 0) is 122 Å². The molecule has 1 nitrogen and oxygen atoms in total. The second-order valence-corrected chi connectivity index (χ2v) is 15.2. The zero-order valence-electron chi connectivity index (χ0n) is 30.6. The van der Waals surface area contributed by atoms with E-state index in [1.807, 2.05) is 0 Å². The van der Waals surface area contributed by atoms with Crippen molar-refractivity contribution in [3.63, 3.8) is 0 Å². The second-order valence-electron chi connectivity index (χ2n) is 15.2. The molecule has 0 saturated carbocycles. The molecule has 1 aliphatic carbocycles. The van der Waals surface area contributed by atoms with Crippen molar-refractivity contribution in [2.75, 3.05) is 0 Å². The fourth-order valence-electron chi connectivity index (χ4n) is 9.45. The van der Waals surface area contributed by atoms with Crippen LogP contribution >= 0.6 is 0 Å². The van der Waals surface area contributed by atoms with Crippen LogP contribution in [0.25, 0.3) is 82.4 Å². The van der Waals surface area contributed by atoms with E-state index in [4.69, 9.17) is 0 Å². The highest BCUT2D eigenvalue weighted by Crippen LogP contribution is 2.43. The van der Waals surface area contributed by atoms with Crippen LogP contribution in [0, 0.1) is 0 Å². The van der Waals surface area contributed by atoms with Crippen molar-refractivity contribution < 1.29 is 0 Å². The van der Waals surface area contributed by atoms with Gasteiger partial charge in [0.25, 0.3) is 0 Å². The maximum atomic E-state index is 2.48. The third kappa shape index (κ3) is 5.38. The summed E-state index contributed by atoms with van der Waals surface area (Å²) in [5, 5.41) is 7.64. The van der Waals surface area contributed by atoms with Crippen LogP contribution in [0.5, 0.6) is 0 Å². The van der Waals surface area contributed by atoms with E-state index in [1.54, 1.807) is 0 Å². The Kier molecular flexibility index (Phi) is 7.52. The van der Waals surface area contributed by atoms with Crippen molar-refractivity contribution in [2.24, 2.45) is 0 Å². The SMILES string of the molecule is c1ccc(-c2cccc(CC3CCc4ccccc4-c4cc(-c5ccc6c(c5)c5ccccc5n6-c5cc6ccccc6c6ccccc56)ccc43)c2)cc1. The van der Waals surface area contributed by atoms with Gasteiger partial charge in [0.15, 0.2) is 0 Å². The van der Waals surface area contributed by atoms with Gasteiger partial charge in [-0.1, -0.05) is 164 Å². The Balaban J connectivity index is 1.04. The summed E-state index contributed by atoms with van der Waals surface area (Å²) >= 11 is 0. The molecule has 11 rings (SSSR count). The van der Waals surface area contributed by atoms with Crippen LogP contribution in [0.1, 0.15) is 29.0 Å². The molecule has 1 aromatic heterocycles. The van der Waals surface area contributed by atoms with E-state index in [9.17, 15) is 0 Å². The minimum atomic E-state index is 0.430. The van der Waals surface area contributed by atoms with Crippen molar-refractivity contribution in [2.45, 2.75) is 25.2 Å². The maximum absolute atomic E-state index is 2.48. The molecule has 10 aromatic rings. The number of aromatic nitrogens is 1. The van der Waals surface area contributed by atoms with Crippen molar-refractivity contribution in [1.29, 1.82) is 0 Å². The Morgan fingerprint density at radius 3 is 2.00 bits per heavy atom. The highest BCUT2D eigenvalue weighted by Gasteiger charge is 2.24. The lowest BCUT2D eigenvalue weighted by Crippen LogP contribution is -2.04.